The van der Waals surface area contributed by atoms with Gasteiger partial charge < -0.3 is 5.11 Å². The highest BCUT2D eigenvalue weighted by Crippen LogP contribution is 2.26. The summed E-state index contributed by atoms with van der Waals surface area (Å²) in [5.41, 5.74) is 4.97. The van der Waals surface area contributed by atoms with Gasteiger partial charge in [0.2, 0.25) is 0 Å². The van der Waals surface area contributed by atoms with Crippen molar-refractivity contribution in [1.82, 2.24) is 9.38 Å². The van der Waals surface area contributed by atoms with Gasteiger partial charge in [0, 0.05) is 12.6 Å². The summed E-state index contributed by atoms with van der Waals surface area (Å²) in [5.74, 6) is 0. The Hall–Kier alpha value is -1.84. The summed E-state index contributed by atoms with van der Waals surface area (Å²) < 4.78 is 1.90. The molecule has 0 aliphatic carbocycles. The summed E-state index contributed by atoms with van der Waals surface area (Å²) in [4.78, 5) is 4.68. The second-order valence-corrected chi connectivity index (χ2v) is 6.04. The molecule has 1 aromatic carbocycles. The number of aryl methyl sites for hydroxylation is 1. The second-order valence-electron chi connectivity index (χ2n) is 5.61. The fourth-order valence-corrected chi connectivity index (χ4v) is 2.82. The van der Waals surface area contributed by atoms with E-state index in [0.29, 0.717) is 17.9 Å². The monoisotopic (exact) mass is 314 g/mol. The van der Waals surface area contributed by atoms with Gasteiger partial charge in [-0.1, -0.05) is 48.4 Å². The summed E-state index contributed by atoms with van der Waals surface area (Å²) in [6.45, 7) is 4.03. The Morgan fingerprint density at radius 2 is 1.91 bits per heavy atom. The molecule has 0 radical (unpaired) electrons. The number of imidazole rings is 1. The Labute approximate surface area is 135 Å². The number of aliphatic hydroxyl groups is 1. The van der Waals surface area contributed by atoms with E-state index in [0.717, 1.165) is 17.0 Å². The molecule has 4 heteroatoms. The molecule has 0 saturated heterocycles. The first-order chi connectivity index (χ1) is 10.6. The van der Waals surface area contributed by atoms with Crippen molar-refractivity contribution in [1.29, 1.82) is 0 Å². The Bertz CT molecular complexity index is 793. The topological polar surface area (TPSA) is 37.5 Å². The summed E-state index contributed by atoms with van der Waals surface area (Å²) in [7, 11) is 0. The van der Waals surface area contributed by atoms with Gasteiger partial charge in [0.25, 0.3) is 0 Å². The Morgan fingerprint density at radius 3 is 2.59 bits per heavy atom. The number of fused-ring (bicyclic) bond motifs is 1. The fourth-order valence-electron chi connectivity index (χ4n) is 2.66. The number of benzene rings is 1. The van der Waals surface area contributed by atoms with Gasteiger partial charge >= 0.3 is 0 Å². The molecule has 114 valence electrons. The summed E-state index contributed by atoms with van der Waals surface area (Å²) in [6, 6.07) is 12.1. The fraction of sp³-hybridized carbons (Fsp3) is 0.278. The van der Waals surface area contributed by atoms with Crippen LogP contribution in [0.4, 0.5) is 0 Å². The summed E-state index contributed by atoms with van der Waals surface area (Å²) in [5, 5.41) is 11.0. The number of aliphatic hydroxyl groups excluding tert-OH is 1. The van der Waals surface area contributed by atoms with E-state index in [1.165, 1.54) is 11.1 Å². The van der Waals surface area contributed by atoms with E-state index in [4.69, 9.17) is 11.6 Å². The van der Waals surface area contributed by atoms with Gasteiger partial charge in [0.05, 0.1) is 22.5 Å². The van der Waals surface area contributed by atoms with Crippen molar-refractivity contribution in [2.45, 2.75) is 32.8 Å². The molecule has 2 heterocycles. The molecule has 3 rings (SSSR count). The van der Waals surface area contributed by atoms with E-state index in [2.05, 4.69) is 36.2 Å². The maximum absolute atomic E-state index is 10.4. The average Bonchev–Trinajstić information content (AvgIpc) is 2.86. The summed E-state index contributed by atoms with van der Waals surface area (Å²) >= 11 is 6.10. The molecule has 0 aliphatic heterocycles. The van der Waals surface area contributed by atoms with Gasteiger partial charge in [0.15, 0.2) is 0 Å². The van der Waals surface area contributed by atoms with Crippen LogP contribution in [-0.2, 0) is 6.42 Å². The predicted molar refractivity (Wildman–Crippen MR) is 89.4 cm³/mol. The van der Waals surface area contributed by atoms with Gasteiger partial charge in [-0.15, -0.1) is 0 Å². The van der Waals surface area contributed by atoms with Crippen LogP contribution in [0.15, 0.2) is 42.6 Å². The average molecular weight is 315 g/mol. The molecule has 0 amide bonds. The number of pyridine rings is 1. The van der Waals surface area contributed by atoms with Crippen LogP contribution in [0, 0.1) is 6.92 Å². The third-order valence-corrected chi connectivity index (χ3v) is 4.11. The normalized spacial score (nSPS) is 12.7. The highest BCUT2D eigenvalue weighted by molar-refractivity contribution is 6.30. The van der Waals surface area contributed by atoms with Crippen LogP contribution in [0.3, 0.4) is 0 Å². The zero-order chi connectivity index (χ0) is 15.7. The minimum absolute atomic E-state index is 0.547. The van der Waals surface area contributed by atoms with E-state index < -0.39 is 6.10 Å². The van der Waals surface area contributed by atoms with E-state index in [1.807, 2.05) is 29.7 Å². The molecule has 1 unspecified atom stereocenters. The van der Waals surface area contributed by atoms with E-state index in [1.54, 1.807) is 0 Å². The smallest absolute Gasteiger partial charge is 0.137 e. The predicted octanol–water partition coefficient (Wildman–Crippen LogP) is 4.33. The van der Waals surface area contributed by atoms with Crippen molar-refractivity contribution >= 4 is 17.2 Å². The number of rotatable bonds is 4. The van der Waals surface area contributed by atoms with Crippen molar-refractivity contribution in [2.24, 2.45) is 0 Å². The standard InChI is InChI=1S/C18H19ClN2O/c1-3-16(22)18-15(10-13-6-4-12(2)5-7-13)20-17-9-8-14(19)11-21(17)18/h4-9,11,16,22H,3,10H2,1-2H3. The van der Waals surface area contributed by atoms with E-state index in [-0.39, 0.29) is 0 Å². The lowest BCUT2D eigenvalue weighted by atomic mass is 10.0. The number of aromatic nitrogens is 2. The van der Waals surface area contributed by atoms with Gasteiger partial charge in [-0.05, 0) is 31.0 Å². The number of nitrogens with zero attached hydrogens (tertiary/aromatic N) is 2. The van der Waals surface area contributed by atoms with Crippen molar-refractivity contribution in [3.8, 4) is 0 Å². The van der Waals surface area contributed by atoms with Crippen molar-refractivity contribution < 1.29 is 5.11 Å². The third-order valence-electron chi connectivity index (χ3n) is 3.89. The van der Waals surface area contributed by atoms with Crippen molar-refractivity contribution in [2.75, 3.05) is 0 Å². The number of halogens is 1. The number of hydrogen-bond donors (Lipinski definition) is 1. The highest BCUT2D eigenvalue weighted by atomic mass is 35.5. The molecule has 0 fully saturated rings. The van der Waals surface area contributed by atoms with E-state index in [9.17, 15) is 5.11 Å². The molecule has 2 aromatic heterocycles. The quantitative estimate of drug-likeness (QED) is 0.778. The third kappa shape index (κ3) is 2.87. The van der Waals surface area contributed by atoms with Crippen molar-refractivity contribution in [3.63, 3.8) is 0 Å². The second kappa shape index (κ2) is 6.11. The molecule has 1 N–H and O–H groups in total. The van der Waals surface area contributed by atoms with Crippen LogP contribution in [-0.4, -0.2) is 14.5 Å². The molecule has 3 nitrogen and oxygen atoms in total. The van der Waals surface area contributed by atoms with Crippen LogP contribution in [0.1, 0.15) is 42.0 Å². The molecule has 0 spiro atoms. The Morgan fingerprint density at radius 1 is 1.18 bits per heavy atom. The van der Waals surface area contributed by atoms with Crippen LogP contribution >= 0.6 is 11.6 Å². The van der Waals surface area contributed by atoms with Crippen LogP contribution < -0.4 is 0 Å². The van der Waals surface area contributed by atoms with Gasteiger partial charge in [-0.2, -0.15) is 0 Å². The van der Waals surface area contributed by atoms with E-state index >= 15 is 0 Å². The first kappa shape index (κ1) is 15.1. The van der Waals surface area contributed by atoms with Gasteiger partial charge in [-0.25, -0.2) is 4.98 Å². The Kier molecular flexibility index (Phi) is 4.19. The molecule has 0 aliphatic rings. The first-order valence-electron chi connectivity index (χ1n) is 7.48. The molecular formula is C18H19ClN2O. The maximum Gasteiger partial charge on any atom is 0.137 e. The first-order valence-corrected chi connectivity index (χ1v) is 7.86. The molecule has 3 aromatic rings. The Balaban J connectivity index is 2.09. The van der Waals surface area contributed by atoms with Gasteiger partial charge in [0.1, 0.15) is 5.65 Å². The minimum atomic E-state index is -0.547. The lowest BCUT2D eigenvalue weighted by Crippen LogP contribution is -2.04. The van der Waals surface area contributed by atoms with Crippen LogP contribution in [0.25, 0.3) is 5.65 Å². The van der Waals surface area contributed by atoms with Crippen molar-refractivity contribution in [3.05, 3.63) is 70.1 Å². The number of hydrogen-bond acceptors (Lipinski definition) is 2. The maximum atomic E-state index is 10.4. The highest BCUT2D eigenvalue weighted by Gasteiger charge is 2.18. The lowest BCUT2D eigenvalue weighted by Gasteiger charge is -2.11. The molecular weight excluding hydrogens is 296 g/mol. The molecule has 22 heavy (non-hydrogen) atoms. The summed E-state index contributed by atoms with van der Waals surface area (Å²) in [6.07, 6.45) is 2.61. The van der Waals surface area contributed by atoms with Gasteiger partial charge in [-0.3, -0.25) is 4.40 Å². The minimum Gasteiger partial charge on any atom is -0.387 e. The SMILES string of the molecule is CCC(O)c1c(Cc2ccc(C)cc2)nc2ccc(Cl)cn12. The van der Waals surface area contributed by atoms with Crippen LogP contribution in [0.5, 0.6) is 0 Å². The zero-order valence-corrected chi connectivity index (χ0v) is 13.5. The molecule has 0 saturated carbocycles. The molecule has 0 bridgehead atoms. The largest absolute Gasteiger partial charge is 0.387 e. The lowest BCUT2D eigenvalue weighted by molar-refractivity contribution is 0.167. The van der Waals surface area contributed by atoms with Crippen LogP contribution in [0.2, 0.25) is 5.02 Å². The molecule has 1 atom stereocenters. The zero-order valence-electron chi connectivity index (χ0n) is 12.8.